The van der Waals surface area contributed by atoms with Gasteiger partial charge in [-0.15, -0.1) is 12.4 Å². The Balaban J connectivity index is 0.00000289. The number of hydrogen-bond acceptors (Lipinski definition) is 8. The molecule has 0 atom stereocenters. The average Bonchev–Trinajstić information content (AvgIpc) is 3.51. The number of hydrogen-bond donors (Lipinski definition) is 0. The van der Waals surface area contributed by atoms with Gasteiger partial charge in [-0.05, 0) is 48.4 Å². The van der Waals surface area contributed by atoms with Crippen molar-refractivity contribution in [3.8, 4) is 17.2 Å². The topological polar surface area (TPSA) is 73.4 Å². The van der Waals surface area contributed by atoms with Crippen molar-refractivity contribution in [2.75, 3.05) is 58.2 Å². The minimum absolute atomic E-state index is 0. The molecule has 10 heteroatoms. The van der Waals surface area contributed by atoms with Gasteiger partial charge in [-0.3, -0.25) is 14.6 Å². The van der Waals surface area contributed by atoms with E-state index in [9.17, 15) is 4.79 Å². The zero-order valence-electron chi connectivity index (χ0n) is 19.5. The van der Waals surface area contributed by atoms with E-state index in [1.165, 1.54) is 11.3 Å². The van der Waals surface area contributed by atoms with Crippen molar-refractivity contribution in [2.24, 2.45) is 0 Å². The SMILES string of the molecule is COc1ccc2nc(N(CCCN3CCOCC3)C(=O)/C=C/c3ccc4c(c3)OCO4)sc2c1.Cl. The highest BCUT2D eigenvalue weighted by atomic mass is 35.5. The van der Waals surface area contributed by atoms with Crippen molar-refractivity contribution < 1.29 is 23.7 Å². The van der Waals surface area contributed by atoms with Gasteiger partial charge in [-0.25, -0.2) is 4.98 Å². The summed E-state index contributed by atoms with van der Waals surface area (Å²) in [5, 5.41) is 0.686. The molecule has 3 heterocycles. The van der Waals surface area contributed by atoms with Gasteiger partial charge in [0.25, 0.3) is 5.91 Å². The van der Waals surface area contributed by atoms with Gasteiger partial charge in [0.1, 0.15) is 5.75 Å². The first-order valence-electron chi connectivity index (χ1n) is 11.3. The summed E-state index contributed by atoms with van der Waals surface area (Å²) in [6, 6.07) is 11.4. The second-order valence-corrected chi connectivity index (χ2v) is 9.08. The largest absolute Gasteiger partial charge is 0.497 e. The first-order valence-corrected chi connectivity index (χ1v) is 12.2. The molecule has 3 aromatic rings. The lowest BCUT2D eigenvalue weighted by Crippen LogP contribution is -2.39. The first kappa shape index (κ1) is 25.2. The average molecular weight is 518 g/mol. The van der Waals surface area contributed by atoms with E-state index in [-0.39, 0.29) is 25.1 Å². The Bertz CT molecular complexity index is 1200. The normalized spacial score (nSPS) is 15.3. The van der Waals surface area contributed by atoms with Crippen LogP contribution in [0, 0.1) is 0 Å². The molecule has 1 aromatic heterocycles. The maximum absolute atomic E-state index is 13.3. The van der Waals surface area contributed by atoms with Crippen LogP contribution in [0.3, 0.4) is 0 Å². The number of aromatic nitrogens is 1. The van der Waals surface area contributed by atoms with Crippen LogP contribution in [0.25, 0.3) is 16.3 Å². The van der Waals surface area contributed by atoms with E-state index in [1.807, 2.05) is 36.4 Å². The van der Waals surface area contributed by atoms with Crippen molar-refractivity contribution >= 4 is 51.1 Å². The number of nitrogens with zero attached hydrogens (tertiary/aromatic N) is 3. The lowest BCUT2D eigenvalue weighted by molar-refractivity contribution is -0.114. The highest BCUT2D eigenvalue weighted by molar-refractivity contribution is 7.22. The molecular formula is C25H28ClN3O5S. The number of halogens is 1. The number of ether oxygens (including phenoxy) is 4. The van der Waals surface area contributed by atoms with E-state index < -0.39 is 0 Å². The second kappa shape index (κ2) is 11.7. The van der Waals surface area contributed by atoms with Gasteiger partial charge in [0, 0.05) is 32.3 Å². The number of fused-ring (bicyclic) bond motifs is 2. The van der Waals surface area contributed by atoms with Crippen molar-refractivity contribution in [1.82, 2.24) is 9.88 Å². The van der Waals surface area contributed by atoms with Gasteiger partial charge in [0.15, 0.2) is 16.6 Å². The van der Waals surface area contributed by atoms with Crippen LogP contribution < -0.4 is 19.1 Å². The van der Waals surface area contributed by atoms with Crippen LogP contribution in [0.5, 0.6) is 17.2 Å². The molecule has 0 saturated carbocycles. The zero-order chi connectivity index (χ0) is 23.3. The highest BCUT2D eigenvalue weighted by Gasteiger charge is 2.19. The molecular weight excluding hydrogens is 490 g/mol. The summed E-state index contributed by atoms with van der Waals surface area (Å²) in [4.78, 5) is 22.2. The minimum Gasteiger partial charge on any atom is -0.497 e. The Labute approximate surface area is 214 Å². The molecule has 1 saturated heterocycles. The van der Waals surface area contributed by atoms with Crippen LogP contribution in [-0.4, -0.2) is 69.1 Å². The van der Waals surface area contributed by atoms with Crippen molar-refractivity contribution in [2.45, 2.75) is 6.42 Å². The van der Waals surface area contributed by atoms with Crippen LogP contribution >= 0.6 is 23.7 Å². The predicted molar refractivity (Wildman–Crippen MR) is 139 cm³/mol. The third-order valence-electron chi connectivity index (χ3n) is 5.86. The molecule has 2 aliphatic rings. The number of amides is 1. The monoisotopic (exact) mass is 517 g/mol. The minimum atomic E-state index is -0.106. The summed E-state index contributed by atoms with van der Waals surface area (Å²) in [6.07, 6.45) is 4.25. The summed E-state index contributed by atoms with van der Waals surface area (Å²) in [5.74, 6) is 2.08. The molecule has 0 radical (unpaired) electrons. The van der Waals surface area contributed by atoms with Crippen LogP contribution in [0.2, 0.25) is 0 Å². The molecule has 0 N–H and O–H groups in total. The summed E-state index contributed by atoms with van der Waals surface area (Å²) in [5.41, 5.74) is 1.73. The molecule has 186 valence electrons. The van der Waals surface area contributed by atoms with Gasteiger partial charge < -0.3 is 18.9 Å². The molecule has 1 amide bonds. The van der Waals surface area contributed by atoms with Crippen LogP contribution in [0.1, 0.15) is 12.0 Å². The van der Waals surface area contributed by atoms with E-state index >= 15 is 0 Å². The fraction of sp³-hybridized carbons (Fsp3) is 0.360. The van der Waals surface area contributed by atoms with Gasteiger partial charge >= 0.3 is 0 Å². The second-order valence-electron chi connectivity index (χ2n) is 8.07. The Morgan fingerprint density at radius 3 is 2.83 bits per heavy atom. The van der Waals surface area contributed by atoms with E-state index in [0.717, 1.165) is 66.5 Å². The van der Waals surface area contributed by atoms with Gasteiger partial charge in [0.05, 0.1) is 30.5 Å². The van der Waals surface area contributed by atoms with Gasteiger partial charge in [-0.2, -0.15) is 0 Å². The quantitative estimate of drug-likeness (QED) is 0.414. The van der Waals surface area contributed by atoms with Crippen LogP contribution in [0.15, 0.2) is 42.5 Å². The number of thiazole rings is 1. The number of carbonyl (C=O) groups excluding carboxylic acids is 1. The summed E-state index contributed by atoms with van der Waals surface area (Å²) >= 11 is 1.50. The van der Waals surface area contributed by atoms with Crippen LogP contribution in [0.4, 0.5) is 5.13 Å². The van der Waals surface area contributed by atoms with E-state index in [0.29, 0.717) is 17.4 Å². The third kappa shape index (κ3) is 6.05. The summed E-state index contributed by atoms with van der Waals surface area (Å²) in [7, 11) is 1.64. The Morgan fingerprint density at radius 2 is 2.00 bits per heavy atom. The summed E-state index contributed by atoms with van der Waals surface area (Å²) < 4.78 is 22.6. The molecule has 8 nitrogen and oxygen atoms in total. The number of benzene rings is 2. The Morgan fingerprint density at radius 1 is 1.17 bits per heavy atom. The molecule has 2 aliphatic heterocycles. The van der Waals surface area contributed by atoms with E-state index in [4.69, 9.17) is 23.9 Å². The molecule has 35 heavy (non-hydrogen) atoms. The number of anilines is 1. The molecule has 1 fully saturated rings. The Hall–Kier alpha value is -2.85. The lowest BCUT2D eigenvalue weighted by Gasteiger charge is -2.27. The number of carbonyl (C=O) groups is 1. The van der Waals surface area contributed by atoms with Gasteiger partial charge in [0.2, 0.25) is 6.79 Å². The number of rotatable bonds is 8. The highest BCUT2D eigenvalue weighted by Crippen LogP contribution is 2.34. The fourth-order valence-corrected chi connectivity index (χ4v) is 5.01. The number of methoxy groups -OCH3 is 1. The van der Waals surface area contributed by atoms with Crippen LogP contribution in [-0.2, 0) is 9.53 Å². The molecule has 5 rings (SSSR count). The number of morpholine rings is 1. The van der Waals surface area contributed by atoms with Crippen molar-refractivity contribution in [3.05, 3.63) is 48.0 Å². The first-order chi connectivity index (χ1) is 16.7. The predicted octanol–water partition coefficient (Wildman–Crippen LogP) is 4.22. The Kier molecular flexibility index (Phi) is 8.46. The van der Waals surface area contributed by atoms with E-state index in [1.54, 1.807) is 24.2 Å². The molecule has 0 bridgehead atoms. The fourth-order valence-electron chi connectivity index (χ4n) is 3.99. The summed E-state index contributed by atoms with van der Waals surface area (Å²) in [6.45, 7) is 5.11. The maximum atomic E-state index is 13.3. The smallest absolute Gasteiger partial charge is 0.252 e. The molecule has 0 unspecified atom stereocenters. The standard InChI is InChI=1S/C25H27N3O5S.ClH/c1-30-19-5-6-20-23(16-19)34-25(26-20)28(10-2-9-27-11-13-31-14-12-27)24(29)8-4-18-3-7-21-22(15-18)33-17-32-21;/h3-8,15-16H,2,9-14,17H2,1H3;1H/b8-4+;. The van der Waals surface area contributed by atoms with Crippen molar-refractivity contribution in [1.29, 1.82) is 0 Å². The zero-order valence-corrected chi connectivity index (χ0v) is 21.1. The van der Waals surface area contributed by atoms with E-state index in [2.05, 4.69) is 4.90 Å². The third-order valence-corrected chi connectivity index (χ3v) is 6.90. The van der Waals surface area contributed by atoms with Gasteiger partial charge in [-0.1, -0.05) is 17.4 Å². The molecule has 0 aliphatic carbocycles. The van der Waals surface area contributed by atoms with Crippen molar-refractivity contribution in [3.63, 3.8) is 0 Å². The molecule has 0 spiro atoms. The lowest BCUT2D eigenvalue weighted by atomic mass is 10.2. The maximum Gasteiger partial charge on any atom is 0.252 e. The molecule has 2 aromatic carbocycles.